The van der Waals surface area contributed by atoms with E-state index in [2.05, 4.69) is 15.6 Å². The second kappa shape index (κ2) is 13.9. The predicted molar refractivity (Wildman–Crippen MR) is 136 cm³/mol. The first-order valence-corrected chi connectivity index (χ1v) is 11.9. The lowest BCUT2D eigenvalue weighted by molar-refractivity contribution is -0.144. The van der Waals surface area contributed by atoms with Crippen LogP contribution in [0.4, 0.5) is 0 Å². The molecule has 15 nitrogen and oxygen atoms in total. The molecule has 0 aliphatic heterocycles. The van der Waals surface area contributed by atoms with Gasteiger partial charge in [0.05, 0.1) is 18.6 Å². The summed E-state index contributed by atoms with van der Waals surface area (Å²) in [6.45, 7) is 1.17. The minimum atomic E-state index is -1.71. The maximum atomic E-state index is 13.3. The van der Waals surface area contributed by atoms with Crippen molar-refractivity contribution < 1.29 is 44.1 Å². The van der Waals surface area contributed by atoms with Crippen molar-refractivity contribution in [2.75, 3.05) is 0 Å². The number of para-hydroxylation sites is 1. The number of nitrogens with two attached hydrogens (primary N) is 2. The molecule has 0 fully saturated rings. The lowest BCUT2D eigenvalue weighted by Crippen LogP contribution is -2.60. The Kier molecular flexibility index (Phi) is 10.9. The van der Waals surface area contributed by atoms with Crippen LogP contribution in [0.1, 0.15) is 31.7 Å². The molecule has 0 saturated carbocycles. The van der Waals surface area contributed by atoms with Gasteiger partial charge in [0.25, 0.3) is 0 Å². The summed E-state index contributed by atoms with van der Waals surface area (Å²) in [5.41, 5.74) is 12.2. The monoisotopic (exact) mass is 548 g/mol. The Hall–Kier alpha value is -4.50. The van der Waals surface area contributed by atoms with Crippen molar-refractivity contribution in [3.63, 3.8) is 0 Å². The van der Waals surface area contributed by atoms with E-state index in [1.165, 1.54) is 6.92 Å². The number of aliphatic hydroxyl groups is 1. The number of aliphatic hydroxyl groups excluding tert-OH is 1. The van der Waals surface area contributed by atoms with Crippen LogP contribution in [-0.2, 0) is 35.2 Å². The Labute approximate surface area is 222 Å². The van der Waals surface area contributed by atoms with Crippen LogP contribution in [0.15, 0.2) is 30.5 Å². The van der Waals surface area contributed by atoms with Crippen molar-refractivity contribution in [2.45, 2.75) is 62.9 Å². The van der Waals surface area contributed by atoms with Gasteiger partial charge in [0, 0.05) is 29.9 Å². The number of nitrogens with one attached hydrogen (secondary N) is 4. The van der Waals surface area contributed by atoms with Gasteiger partial charge in [-0.05, 0) is 25.0 Å². The van der Waals surface area contributed by atoms with Crippen molar-refractivity contribution in [2.24, 2.45) is 11.5 Å². The highest BCUT2D eigenvalue weighted by molar-refractivity contribution is 5.95. The average Bonchev–Trinajstić information content (AvgIpc) is 3.26. The number of amides is 4. The molecule has 1 aromatic carbocycles. The third-order valence-electron chi connectivity index (χ3n) is 5.82. The lowest BCUT2D eigenvalue weighted by atomic mass is 10.0. The van der Waals surface area contributed by atoms with Gasteiger partial charge in [0.1, 0.15) is 18.1 Å². The van der Waals surface area contributed by atoms with Crippen LogP contribution in [0.2, 0.25) is 0 Å². The molecule has 15 heteroatoms. The maximum Gasteiger partial charge on any atom is 0.326 e. The van der Waals surface area contributed by atoms with E-state index in [1.807, 2.05) is 5.32 Å². The number of H-pyrrole nitrogens is 1. The van der Waals surface area contributed by atoms with Crippen molar-refractivity contribution >= 4 is 46.5 Å². The smallest absolute Gasteiger partial charge is 0.326 e. The molecule has 0 saturated heterocycles. The Balaban J connectivity index is 2.28. The van der Waals surface area contributed by atoms with Crippen LogP contribution in [0.25, 0.3) is 10.9 Å². The Morgan fingerprint density at radius 2 is 1.59 bits per heavy atom. The highest BCUT2D eigenvalue weighted by atomic mass is 16.4. The summed E-state index contributed by atoms with van der Waals surface area (Å²) in [4.78, 5) is 75.1. The number of aliphatic carboxylic acids is 2. The Morgan fingerprint density at radius 1 is 0.949 bits per heavy atom. The molecule has 1 aromatic heterocycles. The molecule has 0 aliphatic rings. The summed E-state index contributed by atoms with van der Waals surface area (Å²) >= 11 is 0. The number of fused-ring (bicyclic) bond motifs is 1. The van der Waals surface area contributed by atoms with Crippen molar-refractivity contribution in [1.29, 1.82) is 0 Å². The van der Waals surface area contributed by atoms with E-state index < -0.39 is 72.3 Å². The maximum absolute atomic E-state index is 13.3. The number of carbonyl (C=O) groups is 6. The van der Waals surface area contributed by atoms with Gasteiger partial charge in [0.2, 0.25) is 23.6 Å². The first kappa shape index (κ1) is 30.7. The second-order valence-electron chi connectivity index (χ2n) is 8.96. The zero-order valence-corrected chi connectivity index (χ0v) is 21.0. The quantitative estimate of drug-likeness (QED) is 0.115. The number of hydrogen-bond donors (Lipinski definition) is 9. The molecule has 5 unspecified atom stereocenters. The van der Waals surface area contributed by atoms with Crippen molar-refractivity contribution in [3.05, 3.63) is 36.0 Å². The van der Waals surface area contributed by atoms with Crippen LogP contribution in [0.3, 0.4) is 0 Å². The average molecular weight is 549 g/mol. The van der Waals surface area contributed by atoms with E-state index in [0.717, 1.165) is 10.9 Å². The van der Waals surface area contributed by atoms with Crippen molar-refractivity contribution in [3.8, 4) is 0 Å². The number of carbonyl (C=O) groups excluding carboxylic acids is 4. The number of aromatic nitrogens is 1. The zero-order valence-electron chi connectivity index (χ0n) is 21.0. The van der Waals surface area contributed by atoms with E-state index in [-0.39, 0.29) is 19.3 Å². The summed E-state index contributed by atoms with van der Waals surface area (Å²) < 4.78 is 0. The molecule has 0 spiro atoms. The van der Waals surface area contributed by atoms with E-state index in [9.17, 15) is 39.0 Å². The molecule has 2 aromatic rings. The molecule has 0 bridgehead atoms. The third kappa shape index (κ3) is 9.08. The van der Waals surface area contributed by atoms with Crippen LogP contribution < -0.4 is 27.4 Å². The number of rotatable bonds is 15. The Bertz CT molecular complexity index is 1230. The molecule has 1 heterocycles. The zero-order chi connectivity index (χ0) is 29.3. The van der Waals surface area contributed by atoms with Crippen LogP contribution in [0.5, 0.6) is 0 Å². The minimum absolute atomic E-state index is 0.0825. The number of carboxylic acid groups (broad SMARTS) is 2. The van der Waals surface area contributed by atoms with Gasteiger partial charge in [-0.1, -0.05) is 18.2 Å². The topological polar surface area (TPSA) is 267 Å². The van der Waals surface area contributed by atoms with Crippen LogP contribution in [-0.4, -0.2) is 86.1 Å². The number of hydrogen-bond acceptors (Lipinski definition) is 8. The molecule has 5 atom stereocenters. The number of primary amides is 1. The van der Waals surface area contributed by atoms with Gasteiger partial charge < -0.3 is 47.7 Å². The second-order valence-corrected chi connectivity index (χ2v) is 8.96. The number of benzene rings is 1. The fourth-order valence-corrected chi connectivity index (χ4v) is 3.74. The van der Waals surface area contributed by atoms with E-state index in [4.69, 9.17) is 16.6 Å². The summed E-state index contributed by atoms with van der Waals surface area (Å²) in [6, 6.07) is 1.19. The third-order valence-corrected chi connectivity index (χ3v) is 5.82. The molecule has 212 valence electrons. The molecule has 11 N–H and O–H groups in total. The molecule has 0 aliphatic carbocycles. The molecule has 0 radical (unpaired) electrons. The SMILES string of the molecule is CC(O)C(NC(=O)C(Cc1c[nH]c2ccccc12)NC(=O)C(N)CCC(=O)O)C(=O)NC(CC(N)=O)C(=O)O. The van der Waals surface area contributed by atoms with Crippen molar-refractivity contribution in [1.82, 2.24) is 20.9 Å². The minimum Gasteiger partial charge on any atom is -0.481 e. The normalized spacial score (nSPS) is 14.8. The van der Waals surface area contributed by atoms with Crippen LogP contribution in [0, 0.1) is 0 Å². The summed E-state index contributed by atoms with van der Waals surface area (Å²) in [5, 5.41) is 35.8. The summed E-state index contributed by atoms with van der Waals surface area (Å²) in [5.74, 6) is -6.56. The molecular formula is C24H32N6O9. The highest BCUT2D eigenvalue weighted by Crippen LogP contribution is 2.19. The Morgan fingerprint density at radius 3 is 2.18 bits per heavy atom. The fourth-order valence-electron chi connectivity index (χ4n) is 3.74. The van der Waals surface area contributed by atoms with E-state index in [0.29, 0.717) is 5.56 Å². The van der Waals surface area contributed by atoms with Gasteiger partial charge in [0.15, 0.2) is 0 Å². The van der Waals surface area contributed by atoms with Crippen LogP contribution >= 0.6 is 0 Å². The predicted octanol–water partition coefficient (Wildman–Crippen LogP) is -2.30. The molecule has 4 amide bonds. The van der Waals surface area contributed by atoms with Gasteiger partial charge in [-0.3, -0.25) is 24.0 Å². The van der Waals surface area contributed by atoms with E-state index >= 15 is 0 Å². The van der Waals surface area contributed by atoms with Gasteiger partial charge >= 0.3 is 11.9 Å². The summed E-state index contributed by atoms with van der Waals surface area (Å²) in [7, 11) is 0. The first-order chi connectivity index (χ1) is 18.3. The standard InChI is InChI=1S/C24H32N6O9/c1-11(31)20(23(37)29-17(24(38)39)9-18(26)32)30-22(36)16(28-21(35)14(25)6-7-19(33)34)8-12-10-27-15-5-3-2-4-13(12)15/h2-5,10-11,14,16-17,20,27,31H,6-9,25H2,1H3,(H2,26,32)(H,28,35)(H,29,37)(H,30,36)(H,33,34)(H,38,39). The molecule has 2 rings (SSSR count). The molecular weight excluding hydrogens is 516 g/mol. The first-order valence-electron chi connectivity index (χ1n) is 11.9. The van der Waals surface area contributed by atoms with Gasteiger partial charge in [-0.15, -0.1) is 0 Å². The fraction of sp³-hybridized carbons (Fsp3) is 0.417. The summed E-state index contributed by atoms with van der Waals surface area (Å²) in [6.07, 6.45) is -1.28. The van der Waals surface area contributed by atoms with Gasteiger partial charge in [-0.25, -0.2) is 4.79 Å². The lowest BCUT2D eigenvalue weighted by Gasteiger charge is -2.26. The molecule has 39 heavy (non-hydrogen) atoms. The highest BCUT2D eigenvalue weighted by Gasteiger charge is 2.33. The largest absolute Gasteiger partial charge is 0.481 e. The number of carboxylic acids is 2. The number of aromatic amines is 1. The van der Waals surface area contributed by atoms with Gasteiger partial charge in [-0.2, -0.15) is 0 Å². The van der Waals surface area contributed by atoms with E-state index in [1.54, 1.807) is 30.5 Å².